The van der Waals surface area contributed by atoms with Crippen LogP contribution in [-0.2, 0) is 10.0 Å². The summed E-state index contributed by atoms with van der Waals surface area (Å²) in [5.74, 6) is 1.45. The molecule has 0 saturated carbocycles. The summed E-state index contributed by atoms with van der Waals surface area (Å²) in [6.45, 7) is 1.80. The highest BCUT2D eigenvalue weighted by Gasteiger charge is 2.32. The van der Waals surface area contributed by atoms with E-state index in [2.05, 4.69) is 10.2 Å². The molecule has 9 heteroatoms. The van der Waals surface area contributed by atoms with Gasteiger partial charge in [0.2, 0.25) is 15.9 Å². The Hall–Kier alpha value is -2.39. The number of rotatable bonds is 4. The monoisotopic (exact) mass is 391 g/mol. The van der Waals surface area contributed by atoms with Crippen molar-refractivity contribution >= 4 is 10.0 Å². The van der Waals surface area contributed by atoms with Gasteiger partial charge in [-0.25, -0.2) is 8.42 Å². The van der Waals surface area contributed by atoms with Crippen molar-refractivity contribution in [2.24, 2.45) is 0 Å². The Morgan fingerprint density at radius 3 is 2.78 bits per heavy atom. The van der Waals surface area contributed by atoms with E-state index in [0.717, 1.165) is 12.8 Å². The fraction of sp³-hybridized carbons (Fsp3) is 0.444. The van der Waals surface area contributed by atoms with Gasteiger partial charge in [-0.3, -0.25) is 0 Å². The largest absolute Gasteiger partial charge is 0.490 e. The zero-order valence-corrected chi connectivity index (χ0v) is 15.6. The van der Waals surface area contributed by atoms with Gasteiger partial charge < -0.3 is 14.2 Å². The van der Waals surface area contributed by atoms with E-state index in [-0.39, 0.29) is 17.5 Å². The van der Waals surface area contributed by atoms with Crippen LogP contribution < -0.4 is 14.2 Å². The lowest BCUT2D eigenvalue weighted by molar-refractivity contribution is 0.123. The highest BCUT2D eigenvalue weighted by Crippen LogP contribution is 2.33. The van der Waals surface area contributed by atoms with E-state index in [4.69, 9.17) is 14.2 Å². The molecule has 144 valence electrons. The maximum absolute atomic E-state index is 13.1. The summed E-state index contributed by atoms with van der Waals surface area (Å²) in [7, 11) is -3.65. The lowest BCUT2D eigenvalue weighted by Gasteiger charge is -2.31. The molecule has 1 saturated heterocycles. The minimum Gasteiger partial charge on any atom is -0.490 e. The first-order chi connectivity index (χ1) is 13.1. The van der Waals surface area contributed by atoms with Gasteiger partial charge in [-0.05, 0) is 31.0 Å². The number of nitrogens with zero attached hydrogens (tertiary/aromatic N) is 3. The number of aromatic nitrogens is 2. The van der Waals surface area contributed by atoms with Crippen molar-refractivity contribution in [3.8, 4) is 17.4 Å². The molecule has 3 heterocycles. The lowest BCUT2D eigenvalue weighted by atomic mass is 10.1. The number of benzene rings is 1. The van der Waals surface area contributed by atoms with Gasteiger partial charge in [0.05, 0.1) is 24.7 Å². The highest BCUT2D eigenvalue weighted by molar-refractivity contribution is 7.89. The van der Waals surface area contributed by atoms with E-state index in [0.29, 0.717) is 43.6 Å². The van der Waals surface area contributed by atoms with Gasteiger partial charge in [0.15, 0.2) is 11.5 Å². The third-order valence-electron chi connectivity index (χ3n) is 4.53. The van der Waals surface area contributed by atoms with Crippen LogP contribution in [0.1, 0.15) is 19.3 Å². The third-order valence-corrected chi connectivity index (χ3v) is 6.39. The van der Waals surface area contributed by atoms with Crippen molar-refractivity contribution < 1.29 is 22.6 Å². The topological polar surface area (TPSA) is 90.9 Å². The molecule has 1 aromatic carbocycles. The molecule has 8 nitrogen and oxygen atoms in total. The Bertz CT molecular complexity index is 891. The van der Waals surface area contributed by atoms with Crippen LogP contribution in [0.4, 0.5) is 0 Å². The molecule has 0 spiro atoms. The van der Waals surface area contributed by atoms with Gasteiger partial charge in [0, 0.05) is 31.3 Å². The molecular formula is C18H21N3O5S. The van der Waals surface area contributed by atoms with Crippen LogP contribution in [0.3, 0.4) is 0 Å². The van der Waals surface area contributed by atoms with E-state index in [9.17, 15) is 8.42 Å². The molecule has 1 fully saturated rings. The zero-order chi connectivity index (χ0) is 18.7. The Morgan fingerprint density at radius 2 is 1.96 bits per heavy atom. The van der Waals surface area contributed by atoms with Crippen LogP contribution in [0.25, 0.3) is 0 Å². The highest BCUT2D eigenvalue weighted by atomic mass is 32.2. The van der Waals surface area contributed by atoms with Gasteiger partial charge in [-0.2, -0.15) is 9.40 Å². The van der Waals surface area contributed by atoms with Crippen molar-refractivity contribution in [2.75, 3.05) is 26.3 Å². The summed E-state index contributed by atoms with van der Waals surface area (Å²) in [5, 5.41) is 7.69. The maximum Gasteiger partial charge on any atom is 0.243 e. The first-order valence-corrected chi connectivity index (χ1v) is 10.4. The Balaban J connectivity index is 1.52. The molecule has 2 aliphatic rings. The molecule has 0 radical (unpaired) electrons. The number of hydrogen-bond acceptors (Lipinski definition) is 7. The van der Waals surface area contributed by atoms with E-state index in [1.807, 2.05) is 0 Å². The summed E-state index contributed by atoms with van der Waals surface area (Å²) in [4.78, 5) is 0.201. The van der Waals surface area contributed by atoms with Crippen molar-refractivity contribution in [3.05, 3.63) is 36.5 Å². The summed E-state index contributed by atoms with van der Waals surface area (Å²) < 4.78 is 44.7. The van der Waals surface area contributed by atoms with Gasteiger partial charge >= 0.3 is 0 Å². The number of ether oxygens (including phenoxy) is 3. The van der Waals surface area contributed by atoms with Crippen LogP contribution in [0.2, 0.25) is 0 Å². The second-order valence-corrected chi connectivity index (χ2v) is 8.40. The average Bonchev–Trinajstić information content (AvgIpc) is 2.94. The third kappa shape index (κ3) is 3.98. The number of fused-ring (bicyclic) bond motifs is 1. The molecule has 2 aliphatic heterocycles. The SMILES string of the molecule is O=S(=O)(c1ccc2c(c1)OCCCO2)N1CCC[C@H](Oc2cccnn2)C1. The molecular weight excluding hydrogens is 370 g/mol. The summed E-state index contributed by atoms with van der Waals surface area (Å²) >= 11 is 0. The van der Waals surface area contributed by atoms with Crippen LogP contribution in [0.15, 0.2) is 41.4 Å². The van der Waals surface area contributed by atoms with E-state index >= 15 is 0 Å². The van der Waals surface area contributed by atoms with Gasteiger partial charge in [-0.1, -0.05) is 0 Å². The lowest BCUT2D eigenvalue weighted by Crippen LogP contribution is -2.44. The van der Waals surface area contributed by atoms with Crippen molar-refractivity contribution in [3.63, 3.8) is 0 Å². The Morgan fingerprint density at radius 1 is 1.11 bits per heavy atom. The summed E-state index contributed by atoms with van der Waals surface area (Å²) in [6, 6.07) is 8.21. The quantitative estimate of drug-likeness (QED) is 0.786. The number of piperidine rings is 1. The molecule has 0 aliphatic carbocycles. The van der Waals surface area contributed by atoms with Gasteiger partial charge in [-0.15, -0.1) is 5.10 Å². The van der Waals surface area contributed by atoms with E-state index in [1.54, 1.807) is 36.5 Å². The number of hydrogen-bond donors (Lipinski definition) is 0. The van der Waals surface area contributed by atoms with E-state index in [1.165, 1.54) is 4.31 Å². The van der Waals surface area contributed by atoms with Gasteiger partial charge in [0.1, 0.15) is 6.10 Å². The van der Waals surface area contributed by atoms with Gasteiger partial charge in [0.25, 0.3) is 0 Å². The van der Waals surface area contributed by atoms with Crippen molar-refractivity contribution in [1.82, 2.24) is 14.5 Å². The first kappa shape index (κ1) is 18.0. The second kappa shape index (κ2) is 7.69. The molecule has 2 aromatic rings. The number of sulfonamides is 1. The van der Waals surface area contributed by atoms with Crippen LogP contribution >= 0.6 is 0 Å². The summed E-state index contributed by atoms with van der Waals surface area (Å²) in [5.41, 5.74) is 0. The normalized spacial score (nSPS) is 20.7. The predicted molar refractivity (Wildman–Crippen MR) is 96.5 cm³/mol. The maximum atomic E-state index is 13.1. The molecule has 0 bridgehead atoms. The van der Waals surface area contributed by atoms with Crippen LogP contribution in [-0.4, -0.2) is 55.3 Å². The zero-order valence-electron chi connectivity index (χ0n) is 14.8. The molecule has 1 atom stereocenters. The minimum absolute atomic E-state index is 0.201. The van der Waals surface area contributed by atoms with Crippen LogP contribution in [0.5, 0.6) is 17.4 Å². The first-order valence-electron chi connectivity index (χ1n) is 8.97. The molecule has 0 N–H and O–H groups in total. The average molecular weight is 391 g/mol. The summed E-state index contributed by atoms with van der Waals surface area (Å²) in [6.07, 6.45) is 3.56. The fourth-order valence-electron chi connectivity index (χ4n) is 3.19. The Labute approximate surface area is 158 Å². The molecule has 0 amide bonds. The second-order valence-electron chi connectivity index (χ2n) is 6.47. The molecule has 0 unspecified atom stereocenters. The molecule has 1 aromatic heterocycles. The smallest absolute Gasteiger partial charge is 0.243 e. The predicted octanol–water partition coefficient (Wildman–Crippen LogP) is 1.87. The molecule has 4 rings (SSSR count). The molecule has 27 heavy (non-hydrogen) atoms. The van der Waals surface area contributed by atoms with Crippen LogP contribution in [0, 0.1) is 0 Å². The van der Waals surface area contributed by atoms with Crippen molar-refractivity contribution in [2.45, 2.75) is 30.3 Å². The Kier molecular flexibility index (Phi) is 5.13. The fourth-order valence-corrected chi connectivity index (χ4v) is 4.72. The minimum atomic E-state index is -3.65. The van der Waals surface area contributed by atoms with Crippen molar-refractivity contribution in [1.29, 1.82) is 0 Å². The standard InChI is InChI=1S/C18H21N3O5S/c22-27(23,15-6-7-16-17(12-15)25-11-3-10-24-16)21-9-2-4-14(13-21)26-18-5-1-8-19-20-18/h1,5-8,12,14H,2-4,9-11,13H2/t14-/m0/s1. The van der Waals surface area contributed by atoms with E-state index < -0.39 is 10.0 Å².